The normalized spacial score (nSPS) is 12.5. The van der Waals surface area contributed by atoms with Gasteiger partial charge in [0.1, 0.15) is 0 Å². The first kappa shape index (κ1) is 21.3. The van der Waals surface area contributed by atoms with Crippen molar-refractivity contribution in [3.05, 3.63) is 0 Å². The van der Waals surface area contributed by atoms with Gasteiger partial charge in [-0.1, -0.05) is 26.7 Å². The van der Waals surface area contributed by atoms with Gasteiger partial charge in [-0.15, -0.1) is 0 Å². The first-order chi connectivity index (χ1) is 8.78. The zero-order valence-electron chi connectivity index (χ0n) is 12.1. The molecule has 0 heterocycles. The van der Waals surface area contributed by atoms with Crippen molar-refractivity contribution in [2.24, 2.45) is 5.92 Å². The Balaban J connectivity index is 0. The Morgan fingerprint density at radius 2 is 1.63 bits per heavy atom. The van der Waals surface area contributed by atoms with Gasteiger partial charge in [-0.2, -0.15) is 0 Å². The van der Waals surface area contributed by atoms with Gasteiger partial charge in [-0.25, -0.2) is 0 Å². The van der Waals surface area contributed by atoms with Crippen molar-refractivity contribution in [1.82, 2.24) is 0 Å². The van der Waals surface area contributed by atoms with E-state index in [0.717, 1.165) is 38.5 Å². The summed E-state index contributed by atoms with van der Waals surface area (Å²) in [5, 5.41) is 8.60. The number of carboxylic acids is 1. The van der Waals surface area contributed by atoms with E-state index in [1.54, 1.807) is 0 Å². The fourth-order valence-electron chi connectivity index (χ4n) is 1.31. The third kappa shape index (κ3) is 18.0. The fourth-order valence-corrected chi connectivity index (χ4v) is 1.96. The van der Waals surface area contributed by atoms with Crippen LogP contribution in [0.3, 0.4) is 0 Å². The van der Waals surface area contributed by atoms with Crippen molar-refractivity contribution in [2.45, 2.75) is 59.3 Å². The van der Waals surface area contributed by atoms with Crippen LogP contribution in [0.2, 0.25) is 0 Å². The van der Waals surface area contributed by atoms with Gasteiger partial charge >= 0.3 is 64.9 Å². The molecule has 4 N–H and O–H groups in total. The van der Waals surface area contributed by atoms with Crippen LogP contribution in [-0.2, 0) is 26.3 Å². The summed E-state index contributed by atoms with van der Waals surface area (Å²) >= 11 is -4.63. The molecule has 1 atom stereocenters. The Kier molecular flexibility index (Phi) is 14.6. The van der Waals surface area contributed by atoms with Crippen molar-refractivity contribution >= 4 is 5.97 Å². The van der Waals surface area contributed by atoms with E-state index in [1.807, 2.05) is 13.8 Å². The average molecular weight is 316 g/mol. The molecule has 0 aromatic carbocycles. The summed E-state index contributed by atoms with van der Waals surface area (Å²) in [6.45, 7) is 6.19. The number of carbonyl (C=O) groups is 1. The molecule has 0 aliphatic rings. The Bertz CT molecular complexity index is 217. The van der Waals surface area contributed by atoms with Gasteiger partial charge in [0.25, 0.3) is 0 Å². The molecule has 0 aromatic heterocycles. The standard InChI is InChI=1S/C8H16O2.C4H9O.3H2O.Ti/c1-3-5-6-7(4-2)8(9)10;1-2-3-4-5;;;;/h7H,3-6H2,1-2H3,(H,9,10);2-4H2,1H3;3*1H2;/q;-1;;;;+4/p-3. The van der Waals surface area contributed by atoms with Gasteiger partial charge in [0.15, 0.2) is 0 Å². The van der Waals surface area contributed by atoms with Crippen molar-refractivity contribution in [1.29, 1.82) is 0 Å². The molecule has 0 spiro atoms. The molecule has 0 radical (unpaired) electrons. The SMILES string of the molecule is CCCCC(CC)C(=O)O.CCCC[O][Ti]([OH])([OH])[OH]. The predicted molar refractivity (Wildman–Crippen MR) is 68.5 cm³/mol. The van der Waals surface area contributed by atoms with Crippen LogP contribution in [-0.4, -0.2) is 28.7 Å². The van der Waals surface area contributed by atoms with Crippen LogP contribution in [0.15, 0.2) is 0 Å². The molecular formula is C12H28O6Ti. The minimum absolute atomic E-state index is 0.111. The number of hydrogen-bond acceptors (Lipinski definition) is 5. The zero-order valence-corrected chi connectivity index (χ0v) is 13.7. The number of hydrogen-bond donors (Lipinski definition) is 4. The molecule has 0 amide bonds. The number of carboxylic acid groups (broad SMARTS) is 1. The van der Waals surface area contributed by atoms with E-state index in [0.29, 0.717) is 0 Å². The molecule has 0 saturated carbocycles. The van der Waals surface area contributed by atoms with Gasteiger partial charge in [-0.05, 0) is 12.8 Å². The molecule has 0 rings (SSSR count). The van der Waals surface area contributed by atoms with Gasteiger partial charge < -0.3 is 5.11 Å². The zero-order chi connectivity index (χ0) is 15.3. The van der Waals surface area contributed by atoms with Crippen LogP contribution in [0.4, 0.5) is 0 Å². The quantitative estimate of drug-likeness (QED) is 0.382. The molecule has 0 saturated heterocycles. The summed E-state index contributed by atoms with van der Waals surface area (Å²) in [5.74, 6) is -0.754. The van der Waals surface area contributed by atoms with Crippen molar-refractivity contribution < 1.29 is 42.4 Å². The van der Waals surface area contributed by atoms with Crippen LogP contribution < -0.4 is 0 Å². The van der Waals surface area contributed by atoms with Gasteiger partial charge in [-0.3, -0.25) is 4.79 Å². The summed E-state index contributed by atoms with van der Waals surface area (Å²) in [6.07, 6.45) is 5.37. The third-order valence-electron chi connectivity index (χ3n) is 2.54. The molecule has 7 heteroatoms. The molecule has 0 bridgehead atoms. The molecule has 116 valence electrons. The summed E-state index contributed by atoms with van der Waals surface area (Å²) < 4.78 is 29.3. The maximum absolute atomic E-state index is 10.4. The summed E-state index contributed by atoms with van der Waals surface area (Å²) in [7, 11) is 0. The monoisotopic (exact) mass is 316 g/mol. The Morgan fingerprint density at radius 3 is 1.95 bits per heavy atom. The van der Waals surface area contributed by atoms with E-state index in [2.05, 4.69) is 10.2 Å². The van der Waals surface area contributed by atoms with Crippen LogP contribution in [0.1, 0.15) is 59.3 Å². The van der Waals surface area contributed by atoms with Gasteiger partial charge in [0.05, 0.1) is 5.92 Å². The van der Waals surface area contributed by atoms with Crippen LogP contribution in [0.25, 0.3) is 0 Å². The van der Waals surface area contributed by atoms with E-state index in [-0.39, 0.29) is 12.5 Å². The van der Waals surface area contributed by atoms with Crippen LogP contribution in [0.5, 0.6) is 0 Å². The minimum atomic E-state index is -4.63. The number of aliphatic carboxylic acids is 1. The van der Waals surface area contributed by atoms with Gasteiger partial charge in [0, 0.05) is 0 Å². The van der Waals surface area contributed by atoms with Crippen molar-refractivity contribution in [3.63, 3.8) is 0 Å². The van der Waals surface area contributed by atoms with E-state index in [4.69, 9.17) is 16.2 Å². The second-order valence-electron chi connectivity index (χ2n) is 4.36. The van der Waals surface area contributed by atoms with Crippen molar-refractivity contribution in [3.8, 4) is 0 Å². The molecule has 0 aliphatic carbocycles. The fraction of sp³-hybridized carbons (Fsp3) is 0.917. The van der Waals surface area contributed by atoms with Crippen LogP contribution in [0, 0.1) is 5.92 Å². The Morgan fingerprint density at radius 1 is 1.11 bits per heavy atom. The Labute approximate surface area is 120 Å². The number of unbranched alkanes of at least 4 members (excludes halogenated alkanes) is 2. The Hall–Kier alpha value is 0.0243. The molecule has 19 heavy (non-hydrogen) atoms. The maximum atomic E-state index is 10.4. The van der Waals surface area contributed by atoms with Crippen molar-refractivity contribution in [2.75, 3.05) is 6.61 Å². The third-order valence-corrected chi connectivity index (χ3v) is 3.47. The van der Waals surface area contributed by atoms with E-state index in [1.165, 1.54) is 0 Å². The second-order valence-corrected chi connectivity index (χ2v) is 6.60. The van der Waals surface area contributed by atoms with E-state index >= 15 is 0 Å². The molecule has 6 nitrogen and oxygen atoms in total. The molecular weight excluding hydrogens is 288 g/mol. The number of rotatable bonds is 9. The predicted octanol–water partition coefficient (Wildman–Crippen LogP) is 1.88. The van der Waals surface area contributed by atoms with E-state index in [9.17, 15) is 4.79 Å². The van der Waals surface area contributed by atoms with Crippen LogP contribution >= 0.6 is 0 Å². The first-order valence-electron chi connectivity index (χ1n) is 6.82. The molecule has 0 aromatic rings. The molecule has 0 aliphatic heterocycles. The topological polar surface area (TPSA) is 107 Å². The van der Waals surface area contributed by atoms with E-state index < -0.39 is 24.1 Å². The average Bonchev–Trinajstić information content (AvgIpc) is 2.29. The first-order valence-corrected chi connectivity index (χ1v) is 9.55. The second kappa shape index (κ2) is 13.0. The molecule has 1 unspecified atom stereocenters. The summed E-state index contributed by atoms with van der Waals surface area (Å²) in [6, 6.07) is 0. The molecule has 0 fully saturated rings. The summed E-state index contributed by atoms with van der Waals surface area (Å²) in [4.78, 5) is 10.4. The van der Waals surface area contributed by atoms with Gasteiger partial charge in [0.2, 0.25) is 0 Å². The summed E-state index contributed by atoms with van der Waals surface area (Å²) in [5.41, 5.74) is 0.